The molecule has 1 aromatic heterocycles. The van der Waals surface area contributed by atoms with Crippen LogP contribution in [-0.2, 0) is 11.3 Å². The molecule has 132 valence electrons. The van der Waals surface area contributed by atoms with Crippen LogP contribution in [0.3, 0.4) is 0 Å². The van der Waals surface area contributed by atoms with Crippen LogP contribution in [0.2, 0.25) is 0 Å². The highest BCUT2D eigenvalue weighted by molar-refractivity contribution is 5.77. The van der Waals surface area contributed by atoms with Gasteiger partial charge in [-0.05, 0) is 30.7 Å². The number of aryl methyl sites for hydroxylation is 1. The lowest BCUT2D eigenvalue weighted by Gasteiger charge is -2.09. The Balaban J connectivity index is 1.55. The van der Waals surface area contributed by atoms with Crippen LogP contribution in [0.1, 0.15) is 11.1 Å². The highest BCUT2D eigenvalue weighted by atomic mass is 19.1. The predicted molar refractivity (Wildman–Crippen MR) is 98.2 cm³/mol. The number of benzene rings is 2. The number of halogens is 1. The monoisotopic (exact) mass is 350 g/mol. The molecule has 0 aliphatic rings. The molecule has 26 heavy (non-hydrogen) atoms. The van der Waals surface area contributed by atoms with Gasteiger partial charge in [0, 0.05) is 24.4 Å². The van der Waals surface area contributed by atoms with E-state index in [-0.39, 0.29) is 18.3 Å². The van der Waals surface area contributed by atoms with Gasteiger partial charge in [-0.15, -0.1) is 0 Å². The third-order valence-corrected chi connectivity index (χ3v) is 3.83. The summed E-state index contributed by atoms with van der Waals surface area (Å²) in [5, 5.41) is 2.81. The summed E-state index contributed by atoms with van der Waals surface area (Å²) < 4.78 is 18.9. The molecule has 0 atom stereocenters. The lowest BCUT2D eigenvalue weighted by Crippen LogP contribution is -2.28. The van der Waals surface area contributed by atoms with E-state index in [2.05, 4.69) is 10.3 Å². The van der Waals surface area contributed by atoms with Crippen molar-refractivity contribution < 1.29 is 13.9 Å². The Labute approximate surface area is 151 Å². The molecule has 0 fully saturated rings. The van der Waals surface area contributed by atoms with E-state index in [1.54, 1.807) is 30.5 Å². The number of nitrogens with one attached hydrogen (secondary N) is 1. The highest BCUT2D eigenvalue weighted by Crippen LogP contribution is 2.22. The van der Waals surface area contributed by atoms with Gasteiger partial charge in [-0.1, -0.05) is 42.0 Å². The molecule has 0 saturated heterocycles. The van der Waals surface area contributed by atoms with Gasteiger partial charge in [0.2, 0.25) is 0 Å². The first kappa shape index (κ1) is 17.6. The minimum absolute atomic E-state index is 0.0987. The highest BCUT2D eigenvalue weighted by Gasteiger charge is 2.06. The number of hydrogen-bond donors (Lipinski definition) is 1. The fourth-order valence-corrected chi connectivity index (χ4v) is 2.41. The first-order valence-corrected chi connectivity index (χ1v) is 8.27. The van der Waals surface area contributed by atoms with Crippen molar-refractivity contribution in [3.05, 3.63) is 83.8 Å². The number of ether oxygens (including phenoxy) is 1. The van der Waals surface area contributed by atoms with Gasteiger partial charge in [-0.25, -0.2) is 4.39 Å². The second kappa shape index (κ2) is 8.25. The first-order chi connectivity index (χ1) is 12.6. The van der Waals surface area contributed by atoms with Gasteiger partial charge in [0.25, 0.3) is 5.91 Å². The molecule has 4 nitrogen and oxygen atoms in total. The molecule has 0 bridgehead atoms. The van der Waals surface area contributed by atoms with E-state index in [0.717, 1.165) is 5.56 Å². The predicted octanol–water partition coefficient (Wildman–Crippen LogP) is 3.89. The molecule has 0 aliphatic heterocycles. The van der Waals surface area contributed by atoms with Crippen LogP contribution < -0.4 is 10.1 Å². The van der Waals surface area contributed by atoms with E-state index < -0.39 is 0 Å². The number of pyridine rings is 1. The molecular formula is C21H19FN2O2. The SMILES string of the molecule is Cc1ccc(CNC(=O)COc2ccnc(-c3cccc(F)c3)c2)cc1. The molecule has 1 heterocycles. The molecular weight excluding hydrogens is 331 g/mol. The van der Waals surface area contributed by atoms with Crippen molar-refractivity contribution in [2.45, 2.75) is 13.5 Å². The lowest BCUT2D eigenvalue weighted by atomic mass is 10.1. The summed E-state index contributed by atoms with van der Waals surface area (Å²) >= 11 is 0. The smallest absolute Gasteiger partial charge is 0.258 e. The van der Waals surface area contributed by atoms with Crippen molar-refractivity contribution >= 4 is 5.91 Å². The number of amides is 1. The summed E-state index contributed by atoms with van der Waals surface area (Å²) in [5.41, 5.74) is 3.44. The second-order valence-corrected chi connectivity index (χ2v) is 5.94. The summed E-state index contributed by atoms with van der Waals surface area (Å²) in [6, 6.07) is 17.5. The van der Waals surface area contributed by atoms with Crippen LogP contribution in [0.15, 0.2) is 66.9 Å². The van der Waals surface area contributed by atoms with Gasteiger partial charge in [0.1, 0.15) is 11.6 Å². The molecule has 3 rings (SSSR count). The molecule has 0 saturated carbocycles. The summed E-state index contributed by atoms with van der Waals surface area (Å²) in [4.78, 5) is 16.2. The summed E-state index contributed by atoms with van der Waals surface area (Å²) in [6.07, 6.45) is 1.57. The van der Waals surface area contributed by atoms with Crippen molar-refractivity contribution in [3.8, 4) is 17.0 Å². The molecule has 1 N–H and O–H groups in total. The molecule has 3 aromatic rings. The Bertz CT molecular complexity index is 895. The molecule has 0 radical (unpaired) electrons. The number of nitrogens with zero attached hydrogens (tertiary/aromatic N) is 1. The zero-order valence-corrected chi connectivity index (χ0v) is 14.4. The van der Waals surface area contributed by atoms with Crippen molar-refractivity contribution in [2.75, 3.05) is 6.61 Å². The maximum Gasteiger partial charge on any atom is 0.258 e. The van der Waals surface area contributed by atoms with E-state index in [1.165, 1.54) is 17.7 Å². The number of carbonyl (C=O) groups excluding carboxylic acids is 1. The largest absolute Gasteiger partial charge is 0.484 e. The number of rotatable bonds is 6. The van der Waals surface area contributed by atoms with Crippen LogP contribution in [0.25, 0.3) is 11.3 Å². The molecule has 5 heteroatoms. The van der Waals surface area contributed by atoms with Crippen LogP contribution in [-0.4, -0.2) is 17.5 Å². The zero-order valence-electron chi connectivity index (χ0n) is 14.4. The summed E-state index contributed by atoms with van der Waals surface area (Å²) in [5.74, 6) is -0.0365. The van der Waals surface area contributed by atoms with E-state index >= 15 is 0 Å². The van der Waals surface area contributed by atoms with E-state index in [0.29, 0.717) is 23.6 Å². The lowest BCUT2D eigenvalue weighted by molar-refractivity contribution is -0.123. The van der Waals surface area contributed by atoms with E-state index in [1.807, 2.05) is 31.2 Å². The quantitative estimate of drug-likeness (QED) is 0.734. The normalized spacial score (nSPS) is 10.4. The third-order valence-electron chi connectivity index (χ3n) is 3.83. The van der Waals surface area contributed by atoms with Crippen LogP contribution in [0.4, 0.5) is 4.39 Å². The molecule has 0 unspecified atom stereocenters. The maximum atomic E-state index is 13.3. The molecule has 2 aromatic carbocycles. The maximum absolute atomic E-state index is 13.3. The number of carbonyl (C=O) groups is 1. The van der Waals surface area contributed by atoms with Crippen molar-refractivity contribution in [2.24, 2.45) is 0 Å². The summed E-state index contributed by atoms with van der Waals surface area (Å²) in [7, 11) is 0. The minimum Gasteiger partial charge on any atom is -0.484 e. The molecule has 1 amide bonds. The number of hydrogen-bond acceptors (Lipinski definition) is 3. The molecule has 0 aliphatic carbocycles. The number of aromatic nitrogens is 1. The van der Waals surface area contributed by atoms with Gasteiger partial charge < -0.3 is 10.1 Å². The van der Waals surface area contributed by atoms with Crippen molar-refractivity contribution in [1.82, 2.24) is 10.3 Å². The van der Waals surface area contributed by atoms with Gasteiger partial charge in [0.05, 0.1) is 5.69 Å². The van der Waals surface area contributed by atoms with Crippen molar-refractivity contribution in [3.63, 3.8) is 0 Å². The van der Waals surface area contributed by atoms with Gasteiger partial charge in [0.15, 0.2) is 6.61 Å². The van der Waals surface area contributed by atoms with Crippen LogP contribution in [0.5, 0.6) is 5.75 Å². The van der Waals surface area contributed by atoms with Crippen molar-refractivity contribution in [1.29, 1.82) is 0 Å². The Kier molecular flexibility index (Phi) is 5.59. The Hall–Kier alpha value is -3.21. The third kappa shape index (κ3) is 4.89. The second-order valence-electron chi connectivity index (χ2n) is 5.94. The fourth-order valence-electron chi connectivity index (χ4n) is 2.41. The van der Waals surface area contributed by atoms with Gasteiger partial charge in [-0.3, -0.25) is 9.78 Å². The Morgan fingerprint density at radius 3 is 2.69 bits per heavy atom. The average Bonchev–Trinajstić information content (AvgIpc) is 2.66. The molecule has 0 spiro atoms. The average molecular weight is 350 g/mol. The van der Waals surface area contributed by atoms with Crippen LogP contribution >= 0.6 is 0 Å². The Morgan fingerprint density at radius 1 is 1.12 bits per heavy atom. The minimum atomic E-state index is -0.328. The van der Waals surface area contributed by atoms with Gasteiger partial charge in [-0.2, -0.15) is 0 Å². The standard InChI is InChI=1S/C21H19FN2O2/c1-15-5-7-16(8-6-15)13-24-21(25)14-26-19-9-10-23-20(12-19)17-3-2-4-18(22)11-17/h2-12H,13-14H2,1H3,(H,24,25). The van der Waals surface area contributed by atoms with E-state index in [4.69, 9.17) is 4.74 Å². The zero-order chi connectivity index (χ0) is 18.4. The van der Waals surface area contributed by atoms with Crippen LogP contribution in [0, 0.1) is 12.7 Å². The van der Waals surface area contributed by atoms with E-state index in [9.17, 15) is 9.18 Å². The fraction of sp³-hybridized carbons (Fsp3) is 0.143. The summed E-state index contributed by atoms with van der Waals surface area (Å²) in [6.45, 7) is 2.37. The van der Waals surface area contributed by atoms with Gasteiger partial charge >= 0.3 is 0 Å². The topological polar surface area (TPSA) is 51.2 Å². The first-order valence-electron chi connectivity index (χ1n) is 8.27. The Morgan fingerprint density at radius 2 is 1.92 bits per heavy atom.